The third kappa shape index (κ3) is 3.86. The largest absolute Gasteiger partial charge is 0.573 e. The summed E-state index contributed by atoms with van der Waals surface area (Å²) in [6.45, 7) is 0. The quantitative estimate of drug-likeness (QED) is 0.602. The number of alkyl halides is 3. The van der Waals surface area contributed by atoms with Crippen LogP contribution in [0.15, 0.2) is 18.2 Å². The minimum Gasteiger partial charge on any atom is -0.405 e. The zero-order valence-electron chi connectivity index (χ0n) is 6.94. The number of halogens is 5. The molecule has 7 heteroatoms. The molecule has 1 aromatic carbocycles. The third-order valence-corrected chi connectivity index (χ3v) is 2.25. The van der Waals surface area contributed by atoms with Gasteiger partial charge in [0, 0.05) is 3.57 Å². The van der Waals surface area contributed by atoms with Crippen molar-refractivity contribution in [2.45, 2.75) is 6.36 Å². The van der Waals surface area contributed by atoms with Crippen molar-refractivity contribution in [1.82, 2.24) is 0 Å². The Labute approximate surface area is 101 Å². The molecule has 0 N–H and O–H groups in total. The minimum absolute atomic E-state index is 0.305. The van der Waals surface area contributed by atoms with Crippen LogP contribution in [0.2, 0.25) is 0 Å². The van der Waals surface area contributed by atoms with E-state index in [1.54, 1.807) is 0 Å². The van der Waals surface area contributed by atoms with E-state index in [0.717, 1.165) is 6.07 Å². The summed E-state index contributed by atoms with van der Waals surface area (Å²) < 4.78 is 39.9. The summed E-state index contributed by atoms with van der Waals surface area (Å²) in [5.41, 5.74) is -0.305. The van der Waals surface area contributed by atoms with Crippen molar-refractivity contribution < 1.29 is 22.7 Å². The molecular weight excluding hydrogens is 347 g/mol. The third-order valence-electron chi connectivity index (χ3n) is 1.38. The first-order valence-electron chi connectivity index (χ1n) is 3.55. The Balaban J connectivity index is 3.12. The number of carbonyl (C=O) groups excluding carboxylic acids is 1. The smallest absolute Gasteiger partial charge is 0.405 e. The summed E-state index contributed by atoms with van der Waals surface area (Å²) in [5.74, 6) is -0.595. The first kappa shape index (κ1) is 12.6. The van der Waals surface area contributed by atoms with E-state index in [0.29, 0.717) is 3.57 Å². The van der Waals surface area contributed by atoms with Crippen molar-refractivity contribution in [2.75, 3.05) is 0 Å². The van der Waals surface area contributed by atoms with Gasteiger partial charge in [-0.2, -0.15) is 0 Å². The number of ether oxygens (including phenoxy) is 1. The molecule has 1 aromatic rings. The second-order valence-electron chi connectivity index (χ2n) is 2.46. The van der Waals surface area contributed by atoms with Crippen LogP contribution < -0.4 is 4.74 Å². The summed E-state index contributed by atoms with van der Waals surface area (Å²) in [4.78, 5) is 10.8. The first-order valence-corrected chi connectivity index (χ1v) is 5.00. The van der Waals surface area contributed by atoms with Crippen molar-refractivity contribution in [2.24, 2.45) is 0 Å². The first-order chi connectivity index (χ1) is 6.79. The van der Waals surface area contributed by atoms with Gasteiger partial charge in [-0.05, 0) is 52.4 Å². The fourth-order valence-corrected chi connectivity index (χ4v) is 1.51. The lowest BCUT2D eigenvalue weighted by Crippen LogP contribution is -2.18. The topological polar surface area (TPSA) is 26.3 Å². The highest BCUT2D eigenvalue weighted by Gasteiger charge is 2.32. The van der Waals surface area contributed by atoms with Crippen molar-refractivity contribution in [1.29, 1.82) is 0 Å². The monoisotopic (exact) mass is 350 g/mol. The molecule has 0 heterocycles. The van der Waals surface area contributed by atoms with Crippen LogP contribution in [0.25, 0.3) is 0 Å². The second-order valence-corrected chi connectivity index (χ2v) is 4.05. The van der Waals surface area contributed by atoms with Crippen molar-refractivity contribution >= 4 is 39.4 Å². The Kier molecular flexibility index (Phi) is 3.82. The molecule has 0 aliphatic heterocycles. The summed E-state index contributed by atoms with van der Waals surface area (Å²) in [6.07, 6.45) is -4.84. The Morgan fingerprint density at radius 3 is 2.47 bits per heavy atom. The number of carbonyl (C=O) groups is 1. The van der Waals surface area contributed by atoms with E-state index < -0.39 is 17.4 Å². The highest BCUT2D eigenvalue weighted by atomic mass is 127. The van der Waals surface area contributed by atoms with Crippen LogP contribution in [0.3, 0.4) is 0 Å². The standard InChI is InChI=1S/C8H3ClF3IO2/c9-7(14)5-3-4(13)1-2-6(5)15-8(10,11)12/h1-3H. The maximum atomic E-state index is 11.9. The molecule has 15 heavy (non-hydrogen) atoms. The number of benzene rings is 1. The van der Waals surface area contributed by atoms with Gasteiger partial charge in [0.15, 0.2) is 0 Å². The van der Waals surface area contributed by atoms with Gasteiger partial charge in [0.25, 0.3) is 5.24 Å². The zero-order valence-corrected chi connectivity index (χ0v) is 9.85. The van der Waals surface area contributed by atoms with Gasteiger partial charge in [-0.1, -0.05) is 0 Å². The Bertz CT molecular complexity index is 392. The van der Waals surface area contributed by atoms with Crippen molar-refractivity contribution in [3.63, 3.8) is 0 Å². The van der Waals surface area contributed by atoms with Crippen molar-refractivity contribution in [3.05, 3.63) is 27.3 Å². The van der Waals surface area contributed by atoms with E-state index in [4.69, 9.17) is 11.6 Å². The fourth-order valence-electron chi connectivity index (χ4n) is 0.869. The predicted octanol–water partition coefficient (Wildman–Crippen LogP) is 3.57. The number of hydrogen-bond acceptors (Lipinski definition) is 2. The summed E-state index contributed by atoms with van der Waals surface area (Å²) in [7, 11) is 0. The van der Waals surface area contributed by atoms with Crippen LogP contribution in [-0.2, 0) is 0 Å². The molecule has 0 aromatic heterocycles. The molecule has 0 amide bonds. The van der Waals surface area contributed by atoms with Gasteiger partial charge in [0.1, 0.15) is 5.75 Å². The second kappa shape index (κ2) is 4.56. The molecule has 0 saturated carbocycles. The van der Waals surface area contributed by atoms with Gasteiger partial charge in [-0.25, -0.2) is 0 Å². The molecule has 82 valence electrons. The zero-order chi connectivity index (χ0) is 11.6. The van der Waals surface area contributed by atoms with Crippen molar-refractivity contribution in [3.8, 4) is 5.75 Å². The van der Waals surface area contributed by atoms with E-state index in [2.05, 4.69) is 4.74 Å². The molecular formula is C8H3ClF3IO2. The SMILES string of the molecule is O=C(Cl)c1cc(I)ccc1OC(F)(F)F. The summed E-state index contributed by atoms with van der Waals surface area (Å²) in [5, 5.41) is -0.993. The van der Waals surface area contributed by atoms with Crippen LogP contribution in [0, 0.1) is 3.57 Å². The van der Waals surface area contributed by atoms with Gasteiger partial charge in [-0.3, -0.25) is 4.79 Å². The molecule has 0 bridgehead atoms. The molecule has 0 spiro atoms. The van der Waals surface area contributed by atoms with Crippen LogP contribution in [-0.4, -0.2) is 11.6 Å². The molecule has 0 aliphatic rings. The number of hydrogen-bond donors (Lipinski definition) is 0. The lowest BCUT2D eigenvalue weighted by Gasteiger charge is -2.11. The lowest BCUT2D eigenvalue weighted by molar-refractivity contribution is -0.274. The predicted molar refractivity (Wildman–Crippen MR) is 56.0 cm³/mol. The molecule has 0 aliphatic carbocycles. The molecule has 0 atom stereocenters. The Morgan fingerprint density at radius 1 is 1.40 bits per heavy atom. The number of rotatable bonds is 2. The van der Waals surface area contributed by atoms with Crippen LogP contribution in [0.4, 0.5) is 13.2 Å². The summed E-state index contributed by atoms with van der Waals surface area (Å²) >= 11 is 6.96. The normalized spacial score (nSPS) is 11.3. The van der Waals surface area contributed by atoms with Gasteiger partial charge >= 0.3 is 6.36 Å². The van der Waals surface area contributed by atoms with Crippen LogP contribution in [0.5, 0.6) is 5.75 Å². The molecule has 0 unspecified atom stereocenters. The highest BCUT2D eigenvalue weighted by Crippen LogP contribution is 2.28. The fraction of sp³-hybridized carbons (Fsp3) is 0.125. The van der Waals surface area contributed by atoms with Crippen LogP contribution in [0.1, 0.15) is 10.4 Å². The average Bonchev–Trinajstić information content (AvgIpc) is 2.05. The van der Waals surface area contributed by atoms with E-state index in [-0.39, 0.29) is 5.56 Å². The Morgan fingerprint density at radius 2 is 2.00 bits per heavy atom. The molecule has 0 saturated heterocycles. The van der Waals surface area contributed by atoms with Gasteiger partial charge in [0.2, 0.25) is 0 Å². The minimum atomic E-state index is -4.84. The molecule has 0 radical (unpaired) electrons. The van der Waals surface area contributed by atoms with E-state index in [1.165, 1.54) is 12.1 Å². The van der Waals surface area contributed by atoms with E-state index >= 15 is 0 Å². The van der Waals surface area contributed by atoms with Gasteiger partial charge < -0.3 is 4.74 Å². The van der Waals surface area contributed by atoms with E-state index in [9.17, 15) is 18.0 Å². The Hall–Kier alpha value is -0.500. The van der Waals surface area contributed by atoms with Crippen LogP contribution >= 0.6 is 34.2 Å². The summed E-state index contributed by atoms with van der Waals surface area (Å²) in [6, 6.07) is 3.65. The highest BCUT2D eigenvalue weighted by molar-refractivity contribution is 14.1. The molecule has 0 fully saturated rings. The lowest BCUT2D eigenvalue weighted by atomic mass is 10.2. The maximum absolute atomic E-state index is 11.9. The van der Waals surface area contributed by atoms with Gasteiger partial charge in [0.05, 0.1) is 5.56 Å². The molecule has 2 nitrogen and oxygen atoms in total. The maximum Gasteiger partial charge on any atom is 0.573 e. The van der Waals surface area contributed by atoms with E-state index in [1.807, 2.05) is 22.6 Å². The molecule has 1 rings (SSSR count). The van der Waals surface area contributed by atoms with Gasteiger partial charge in [-0.15, -0.1) is 13.2 Å². The average molecular weight is 350 g/mol.